The molecule has 1 aromatic carbocycles. The highest BCUT2D eigenvalue weighted by Gasteiger charge is 2.57. The van der Waals surface area contributed by atoms with Crippen LogP contribution in [0.4, 0.5) is 5.69 Å². The number of non-ortho nitro benzene ring substituents is 1. The fourth-order valence-corrected chi connectivity index (χ4v) is 5.28. The van der Waals surface area contributed by atoms with Gasteiger partial charge in [-0.05, 0) is 37.6 Å². The number of halogens is 1. The summed E-state index contributed by atoms with van der Waals surface area (Å²) in [5.74, 6) is -1.67. The van der Waals surface area contributed by atoms with Crippen LogP contribution in [0.3, 0.4) is 0 Å². The smallest absolute Gasteiger partial charge is 0.356 e. The lowest BCUT2D eigenvalue weighted by atomic mass is 9.83. The van der Waals surface area contributed by atoms with Crippen LogP contribution in [0.5, 0.6) is 0 Å². The zero-order valence-corrected chi connectivity index (χ0v) is 19.2. The number of esters is 1. The van der Waals surface area contributed by atoms with Gasteiger partial charge in [0.2, 0.25) is 5.91 Å². The van der Waals surface area contributed by atoms with Gasteiger partial charge in [-0.2, -0.15) is 0 Å². The van der Waals surface area contributed by atoms with Crippen LogP contribution in [0, 0.1) is 23.0 Å². The first-order valence-corrected chi connectivity index (χ1v) is 11.2. The largest absolute Gasteiger partial charge is 0.456 e. The maximum absolute atomic E-state index is 13.0. The summed E-state index contributed by atoms with van der Waals surface area (Å²) in [6.07, 6.45) is -0.506. The van der Waals surface area contributed by atoms with Gasteiger partial charge in [-0.15, -0.1) is 0 Å². The molecule has 3 atom stereocenters. The molecule has 1 fully saturated rings. The zero-order valence-electron chi connectivity index (χ0n) is 17.6. The van der Waals surface area contributed by atoms with Crippen molar-refractivity contribution in [1.29, 1.82) is 0 Å². The second-order valence-corrected chi connectivity index (χ2v) is 9.18. The number of aromatic nitrogens is 2. The van der Waals surface area contributed by atoms with Crippen molar-refractivity contribution in [3.05, 3.63) is 67.5 Å². The average molecular weight is 491 g/mol. The number of benzene rings is 1. The van der Waals surface area contributed by atoms with Crippen molar-refractivity contribution >= 4 is 40.9 Å². The van der Waals surface area contributed by atoms with E-state index in [-0.39, 0.29) is 35.1 Å². The number of ether oxygens (including phenoxy) is 1. The molecule has 10 nitrogen and oxygen atoms in total. The molecule has 2 aliphatic heterocycles. The fraction of sp³-hybridized carbons (Fsp3) is 0.333. The number of carbonyl (C=O) groups excluding carboxylic acids is 2. The number of aliphatic hydroxyl groups excluding tert-OH is 1. The van der Waals surface area contributed by atoms with Crippen LogP contribution in [0.2, 0.25) is 5.15 Å². The van der Waals surface area contributed by atoms with Crippen LogP contribution >= 0.6 is 23.4 Å². The van der Waals surface area contributed by atoms with Crippen molar-refractivity contribution in [2.24, 2.45) is 5.92 Å². The van der Waals surface area contributed by atoms with Crippen LogP contribution in [0.15, 0.2) is 46.1 Å². The predicted molar refractivity (Wildman–Crippen MR) is 118 cm³/mol. The maximum Gasteiger partial charge on any atom is 0.356 e. The van der Waals surface area contributed by atoms with Crippen molar-refractivity contribution in [3.63, 3.8) is 0 Å². The molecule has 0 radical (unpaired) electrons. The molecular weight excluding hydrogens is 472 g/mol. The van der Waals surface area contributed by atoms with Gasteiger partial charge in [-0.3, -0.25) is 14.9 Å². The van der Waals surface area contributed by atoms with Crippen molar-refractivity contribution in [2.75, 3.05) is 0 Å². The lowest BCUT2D eigenvalue weighted by Gasteiger charge is -2.44. The first-order valence-electron chi connectivity index (χ1n) is 9.99. The molecule has 1 amide bonds. The number of amides is 1. The second-order valence-electron chi connectivity index (χ2n) is 7.73. The quantitative estimate of drug-likeness (QED) is 0.155. The summed E-state index contributed by atoms with van der Waals surface area (Å²) < 4.78 is 5.42. The Hall–Kier alpha value is -3.02. The Morgan fingerprint density at radius 1 is 1.39 bits per heavy atom. The molecular formula is C21H19ClN4O6S. The first kappa shape index (κ1) is 23.1. The number of hydrogen-bond donors (Lipinski definition) is 1. The van der Waals surface area contributed by atoms with E-state index in [1.807, 2.05) is 0 Å². The highest BCUT2D eigenvalue weighted by Crippen LogP contribution is 2.48. The summed E-state index contributed by atoms with van der Waals surface area (Å²) >= 11 is 7.16. The number of thioether (sulfide) groups is 1. The van der Waals surface area contributed by atoms with Gasteiger partial charge in [0, 0.05) is 29.2 Å². The number of nitro groups is 1. The highest BCUT2D eigenvalue weighted by atomic mass is 35.5. The average Bonchev–Trinajstić information content (AvgIpc) is 3.05. The molecule has 0 unspecified atom stereocenters. The molecule has 1 saturated heterocycles. The van der Waals surface area contributed by atoms with Crippen LogP contribution < -0.4 is 0 Å². The standard InChI is InChI=1S/C21H19ClN4O6S/c1-10-7-16(22)24-21(23-10)33-15-8-14-17(11(2)27)19(28)25(14)18(15)20(29)32-9-12-3-5-13(6-4-12)26(30)31/h3-7,11,14,17,27H,8-9H2,1-2H3/t11-,14+,17+/m0/s1. The van der Waals surface area contributed by atoms with Crippen molar-refractivity contribution in [2.45, 2.75) is 44.2 Å². The lowest BCUT2D eigenvalue weighted by molar-refractivity contribution is -0.384. The Bertz CT molecular complexity index is 1150. The number of fused-ring (bicyclic) bond motifs is 1. The molecule has 3 heterocycles. The summed E-state index contributed by atoms with van der Waals surface area (Å²) in [6.45, 7) is 3.18. The Morgan fingerprint density at radius 3 is 2.70 bits per heavy atom. The van der Waals surface area contributed by atoms with Crippen molar-refractivity contribution < 1.29 is 24.4 Å². The second kappa shape index (κ2) is 9.08. The summed E-state index contributed by atoms with van der Waals surface area (Å²) in [5.41, 5.74) is 1.23. The van der Waals surface area contributed by atoms with E-state index in [1.54, 1.807) is 19.9 Å². The number of carbonyl (C=O) groups is 2. The molecule has 4 rings (SSSR count). The minimum absolute atomic E-state index is 0.0720. The Morgan fingerprint density at radius 2 is 2.09 bits per heavy atom. The normalized spacial score (nSPS) is 20.4. The van der Waals surface area contributed by atoms with Gasteiger partial charge in [0.1, 0.15) is 17.5 Å². The number of aryl methyl sites for hydroxylation is 1. The molecule has 0 aliphatic carbocycles. The predicted octanol–water partition coefficient (Wildman–Crippen LogP) is 3.01. The minimum atomic E-state index is -0.856. The van der Waals surface area contributed by atoms with Gasteiger partial charge < -0.3 is 14.7 Å². The van der Waals surface area contributed by atoms with E-state index in [1.165, 1.54) is 29.2 Å². The topological polar surface area (TPSA) is 136 Å². The molecule has 0 spiro atoms. The van der Waals surface area contributed by atoms with Crippen LogP contribution in [-0.2, 0) is 20.9 Å². The number of nitro benzene ring substituents is 1. The summed E-state index contributed by atoms with van der Waals surface area (Å²) in [7, 11) is 0. The van der Waals surface area contributed by atoms with Gasteiger partial charge >= 0.3 is 5.97 Å². The minimum Gasteiger partial charge on any atom is -0.456 e. The highest BCUT2D eigenvalue weighted by molar-refractivity contribution is 8.03. The van der Waals surface area contributed by atoms with Gasteiger partial charge in [-0.25, -0.2) is 14.8 Å². The molecule has 2 aromatic rings. The number of aliphatic hydroxyl groups is 1. The number of rotatable bonds is 7. The third-order valence-corrected chi connectivity index (χ3v) is 6.58. The van der Waals surface area contributed by atoms with Gasteiger partial charge in [-0.1, -0.05) is 23.4 Å². The zero-order chi connectivity index (χ0) is 23.9. The van der Waals surface area contributed by atoms with E-state index in [0.717, 1.165) is 11.8 Å². The first-order chi connectivity index (χ1) is 15.7. The van der Waals surface area contributed by atoms with Crippen LogP contribution in [-0.4, -0.2) is 48.9 Å². The van der Waals surface area contributed by atoms with E-state index in [0.29, 0.717) is 27.7 Å². The summed E-state index contributed by atoms with van der Waals surface area (Å²) in [4.78, 5) is 46.4. The van der Waals surface area contributed by atoms with Crippen LogP contribution in [0.1, 0.15) is 24.6 Å². The maximum atomic E-state index is 13.0. The molecule has 0 saturated carbocycles. The molecule has 0 bridgehead atoms. The molecule has 2 aliphatic rings. The SMILES string of the molecule is Cc1cc(Cl)nc(SC2=C(C(=O)OCc3ccc([N+](=O)[O-])cc3)N3C(=O)[C@H]([C@H](C)O)[C@H]3C2)n1. The van der Waals surface area contributed by atoms with E-state index in [9.17, 15) is 24.8 Å². The number of hydrogen-bond acceptors (Lipinski definition) is 9. The van der Waals surface area contributed by atoms with E-state index in [2.05, 4.69) is 9.97 Å². The Labute approximate surface area is 197 Å². The van der Waals surface area contributed by atoms with Gasteiger partial charge in [0.25, 0.3) is 5.69 Å². The molecule has 12 heteroatoms. The molecule has 172 valence electrons. The molecule has 33 heavy (non-hydrogen) atoms. The Kier molecular flexibility index (Phi) is 6.37. The van der Waals surface area contributed by atoms with E-state index >= 15 is 0 Å². The number of nitrogens with zero attached hydrogens (tertiary/aromatic N) is 4. The van der Waals surface area contributed by atoms with Crippen molar-refractivity contribution in [1.82, 2.24) is 14.9 Å². The van der Waals surface area contributed by atoms with Gasteiger partial charge in [0.05, 0.1) is 23.0 Å². The van der Waals surface area contributed by atoms with E-state index in [4.69, 9.17) is 16.3 Å². The molecule has 1 aromatic heterocycles. The van der Waals surface area contributed by atoms with Gasteiger partial charge in [0.15, 0.2) is 5.16 Å². The summed E-state index contributed by atoms with van der Waals surface area (Å²) in [5, 5.41) is 21.4. The fourth-order valence-electron chi connectivity index (χ4n) is 3.90. The van der Waals surface area contributed by atoms with Crippen molar-refractivity contribution in [3.8, 4) is 0 Å². The van der Waals surface area contributed by atoms with E-state index < -0.39 is 22.9 Å². The third-order valence-electron chi connectivity index (χ3n) is 5.42. The third kappa shape index (κ3) is 4.56. The lowest BCUT2D eigenvalue weighted by Crippen LogP contribution is -2.61. The van der Waals surface area contributed by atoms with Crippen LogP contribution in [0.25, 0.3) is 0 Å². The number of β-lactam (4-membered cyclic amide) rings is 1. The Balaban J connectivity index is 1.57. The molecule has 1 N–H and O–H groups in total. The monoisotopic (exact) mass is 490 g/mol. The summed E-state index contributed by atoms with van der Waals surface area (Å²) in [6, 6.07) is 6.87.